The van der Waals surface area contributed by atoms with Crippen molar-refractivity contribution in [3.05, 3.63) is 35.4 Å². The Morgan fingerprint density at radius 3 is 2.61 bits per heavy atom. The van der Waals surface area contributed by atoms with Crippen LogP contribution < -0.4 is 10.6 Å². The van der Waals surface area contributed by atoms with Gasteiger partial charge in [0.1, 0.15) is 0 Å². The molecule has 36 heavy (non-hydrogen) atoms. The van der Waals surface area contributed by atoms with Crippen LogP contribution in [0.2, 0.25) is 0 Å². The minimum Gasteiger partial charge on any atom is -0.481 e. The average Bonchev–Trinajstić information content (AvgIpc) is 2.86. The fourth-order valence-corrected chi connectivity index (χ4v) is 5.07. The number of rotatable bonds is 10. The number of carbonyl (C=O) groups is 3. The monoisotopic (exact) mass is 511 g/mol. The lowest BCUT2D eigenvalue weighted by atomic mass is 9.92. The molecule has 0 spiro atoms. The summed E-state index contributed by atoms with van der Waals surface area (Å²) in [5.41, 5.74) is -0.330. The molecule has 0 bridgehead atoms. The summed E-state index contributed by atoms with van der Waals surface area (Å²) in [6.45, 7) is 2.89. The molecule has 2 aliphatic rings. The van der Waals surface area contributed by atoms with Crippen molar-refractivity contribution in [2.75, 3.05) is 26.2 Å². The van der Waals surface area contributed by atoms with Gasteiger partial charge in [-0.25, -0.2) is 0 Å². The molecule has 1 aromatic carbocycles. The maximum absolute atomic E-state index is 13.0. The van der Waals surface area contributed by atoms with Crippen molar-refractivity contribution in [3.8, 4) is 0 Å². The number of alkyl halides is 3. The predicted molar refractivity (Wildman–Crippen MR) is 128 cm³/mol. The molecule has 2 amide bonds. The van der Waals surface area contributed by atoms with E-state index in [-0.39, 0.29) is 31.1 Å². The summed E-state index contributed by atoms with van der Waals surface area (Å²) in [7, 11) is 0. The van der Waals surface area contributed by atoms with Crippen LogP contribution in [0.4, 0.5) is 13.2 Å². The number of aryl methyl sites for hydroxylation is 1. The second-order valence-corrected chi connectivity index (χ2v) is 9.95. The number of carboxylic acid groups (broad SMARTS) is 1. The fraction of sp³-hybridized carbons (Fsp3) is 0.654. The molecule has 2 atom stereocenters. The zero-order valence-electron chi connectivity index (χ0n) is 20.5. The summed E-state index contributed by atoms with van der Waals surface area (Å²) in [6.07, 6.45) is 0.398. The highest BCUT2D eigenvalue weighted by Gasteiger charge is 2.31. The average molecular weight is 512 g/mol. The van der Waals surface area contributed by atoms with Gasteiger partial charge in [-0.2, -0.15) is 13.2 Å². The number of nitrogens with one attached hydrogen (secondary N) is 2. The molecule has 200 valence electrons. The third-order valence-corrected chi connectivity index (χ3v) is 7.17. The molecule has 2 saturated heterocycles. The van der Waals surface area contributed by atoms with Gasteiger partial charge in [-0.3, -0.25) is 14.4 Å². The Hall–Kier alpha value is -2.62. The number of halogens is 3. The summed E-state index contributed by atoms with van der Waals surface area (Å²) >= 11 is 0. The highest BCUT2D eigenvalue weighted by Crippen LogP contribution is 2.30. The van der Waals surface area contributed by atoms with Crippen molar-refractivity contribution in [3.63, 3.8) is 0 Å². The van der Waals surface area contributed by atoms with Crippen LogP contribution in [-0.2, 0) is 27.0 Å². The van der Waals surface area contributed by atoms with Gasteiger partial charge in [-0.05, 0) is 75.6 Å². The number of hydrogen-bond acceptors (Lipinski definition) is 4. The van der Waals surface area contributed by atoms with Crippen molar-refractivity contribution in [2.24, 2.45) is 11.8 Å². The van der Waals surface area contributed by atoms with E-state index in [0.717, 1.165) is 44.5 Å². The van der Waals surface area contributed by atoms with Crippen LogP contribution in [0.25, 0.3) is 0 Å². The minimum absolute atomic E-state index is 0.0534. The van der Waals surface area contributed by atoms with Gasteiger partial charge in [0.15, 0.2) is 0 Å². The summed E-state index contributed by atoms with van der Waals surface area (Å²) in [6, 6.07) is 4.21. The van der Waals surface area contributed by atoms with Crippen molar-refractivity contribution in [1.82, 2.24) is 15.5 Å². The normalized spacial score (nSPS) is 20.1. The number of piperidine rings is 2. The van der Waals surface area contributed by atoms with Crippen LogP contribution >= 0.6 is 0 Å². The van der Waals surface area contributed by atoms with E-state index in [4.69, 9.17) is 0 Å². The molecule has 7 nitrogen and oxygen atoms in total. The van der Waals surface area contributed by atoms with E-state index < -0.39 is 29.7 Å². The van der Waals surface area contributed by atoms with Gasteiger partial charge in [0.05, 0.1) is 17.9 Å². The Labute approximate surface area is 209 Å². The molecule has 0 aromatic heterocycles. The lowest BCUT2D eigenvalue weighted by Crippen LogP contribution is -2.48. The molecule has 3 N–H and O–H groups in total. The van der Waals surface area contributed by atoms with E-state index in [1.807, 2.05) is 0 Å². The van der Waals surface area contributed by atoms with Crippen molar-refractivity contribution < 1.29 is 32.7 Å². The first kappa shape index (κ1) is 28.0. The van der Waals surface area contributed by atoms with E-state index in [2.05, 4.69) is 10.6 Å². The smallest absolute Gasteiger partial charge is 0.416 e. The molecule has 3 rings (SSSR count). The van der Waals surface area contributed by atoms with Crippen LogP contribution in [0.1, 0.15) is 62.5 Å². The Balaban J connectivity index is 1.52. The van der Waals surface area contributed by atoms with E-state index in [1.54, 1.807) is 11.0 Å². The highest BCUT2D eigenvalue weighted by molar-refractivity contribution is 5.82. The van der Waals surface area contributed by atoms with Gasteiger partial charge in [0.2, 0.25) is 11.8 Å². The highest BCUT2D eigenvalue weighted by atomic mass is 19.4. The van der Waals surface area contributed by atoms with Crippen LogP contribution in [0.15, 0.2) is 24.3 Å². The molecule has 1 aromatic rings. The molecule has 0 radical (unpaired) electrons. The Morgan fingerprint density at radius 2 is 1.92 bits per heavy atom. The first-order valence-electron chi connectivity index (χ1n) is 12.8. The standard InChI is InChI=1S/C26H36F3N3O4/c27-26(28,29)21-5-1-3-19(15-21)6-8-22(16-24(34)35)31-25(36)20-4-2-14-32(17-20)23(33)9-7-18-10-12-30-13-11-18/h1,3,5,15,18,20,22,30H,2,4,6-14,16-17H2,(H,31,36)(H,34,35)/t20-,22?/m1/s1. The number of carboxylic acids is 1. The number of benzene rings is 1. The maximum atomic E-state index is 13.0. The summed E-state index contributed by atoms with van der Waals surface area (Å²) in [4.78, 5) is 38.8. The molecule has 2 heterocycles. The Morgan fingerprint density at radius 1 is 1.17 bits per heavy atom. The van der Waals surface area contributed by atoms with Gasteiger partial charge in [-0.15, -0.1) is 0 Å². The number of amides is 2. The topological polar surface area (TPSA) is 98.7 Å². The summed E-state index contributed by atoms with van der Waals surface area (Å²) in [5, 5.41) is 15.4. The lowest BCUT2D eigenvalue weighted by Gasteiger charge is -2.33. The lowest BCUT2D eigenvalue weighted by molar-refractivity contribution is -0.139. The van der Waals surface area contributed by atoms with Gasteiger partial charge >= 0.3 is 12.1 Å². The van der Waals surface area contributed by atoms with Crippen molar-refractivity contribution in [1.29, 1.82) is 0 Å². The zero-order valence-corrected chi connectivity index (χ0v) is 20.5. The van der Waals surface area contributed by atoms with E-state index in [0.29, 0.717) is 43.8 Å². The molecule has 2 fully saturated rings. The van der Waals surface area contributed by atoms with Gasteiger partial charge < -0.3 is 20.6 Å². The van der Waals surface area contributed by atoms with Crippen LogP contribution in [0.3, 0.4) is 0 Å². The Bertz CT molecular complexity index is 903. The molecule has 2 aliphatic heterocycles. The Kier molecular flexibility index (Phi) is 10.2. The van der Waals surface area contributed by atoms with Crippen LogP contribution in [0, 0.1) is 11.8 Å². The molecule has 10 heteroatoms. The first-order chi connectivity index (χ1) is 17.1. The molecular weight excluding hydrogens is 475 g/mol. The number of nitrogens with zero attached hydrogens (tertiary/aromatic N) is 1. The SMILES string of the molecule is O=C(O)CC(CCc1cccc(C(F)(F)F)c1)NC(=O)[C@@H]1CCCN(C(=O)CCC2CCNCC2)C1. The van der Waals surface area contributed by atoms with E-state index >= 15 is 0 Å². The zero-order chi connectivity index (χ0) is 26.1. The first-order valence-corrected chi connectivity index (χ1v) is 12.8. The molecule has 0 aliphatic carbocycles. The largest absolute Gasteiger partial charge is 0.481 e. The number of likely N-dealkylation sites (tertiary alicyclic amines) is 1. The number of hydrogen-bond donors (Lipinski definition) is 3. The summed E-state index contributed by atoms with van der Waals surface area (Å²) in [5.74, 6) is -1.22. The van der Waals surface area contributed by atoms with Gasteiger partial charge in [0.25, 0.3) is 0 Å². The molecular formula is C26H36F3N3O4. The van der Waals surface area contributed by atoms with Gasteiger partial charge in [0, 0.05) is 25.6 Å². The summed E-state index contributed by atoms with van der Waals surface area (Å²) < 4.78 is 38.9. The fourth-order valence-electron chi connectivity index (χ4n) is 5.07. The quantitative estimate of drug-likeness (QED) is 0.446. The van der Waals surface area contributed by atoms with Crippen molar-refractivity contribution >= 4 is 17.8 Å². The van der Waals surface area contributed by atoms with E-state index in [1.165, 1.54) is 6.07 Å². The van der Waals surface area contributed by atoms with Crippen LogP contribution in [0.5, 0.6) is 0 Å². The third-order valence-electron chi connectivity index (χ3n) is 7.17. The molecule has 0 saturated carbocycles. The maximum Gasteiger partial charge on any atom is 0.416 e. The second-order valence-electron chi connectivity index (χ2n) is 9.95. The predicted octanol–water partition coefficient (Wildman–Crippen LogP) is 3.62. The van der Waals surface area contributed by atoms with E-state index in [9.17, 15) is 32.7 Å². The third kappa shape index (κ3) is 8.80. The molecule has 1 unspecified atom stereocenters. The van der Waals surface area contributed by atoms with Crippen molar-refractivity contribution in [2.45, 2.75) is 70.0 Å². The van der Waals surface area contributed by atoms with Crippen LogP contribution in [-0.4, -0.2) is 60.0 Å². The van der Waals surface area contributed by atoms with Gasteiger partial charge in [-0.1, -0.05) is 18.2 Å². The number of aliphatic carboxylic acids is 1. The minimum atomic E-state index is -4.46. The second kappa shape index (κ2) is 13.1. The number of carbonyl (C=O) groups excluding carboxylic acids is 2.